The number of hydrogen-bond acceptors (Lipinski definition) is 2. The summed E-state index contributed by atoms with van der Waals surface area (Å²) in [5.41, 5.74) is 16.0. The lowest BCUT2D eigenvalue weighted by molar-refractivity contribution is 1.28. The van der Waals surface area contributed by atoms with Gasteiger partial charge < -0.3 is 0 Å². The molecule has 0 saturated carbocycles. The van der Waals surface area contributed by atoms with Crippen molar-refractivity contribution in [3.63, 3.8) is 0 Å². The molecule has 0 aliphatic carbocycles. The fraction of sp³-hybridized carbons (Fsp3) is 0.0204. The Kier molecular flexibility index (Phi) is 8.96. The van der Waals surface area contributed by atoms with Crippen LogP contribution in [-0.2, 0) is 0 Å². The maximum atomic E-state index is 5.33. The highest BCUT2D eigenvalue weighted by Gasteiger charge is 2.14. The first-order valence-electron chi connectivity index (χ1n) is 17.3. The van der Waals surface area contributed by atoms with E-state index in [9.17, 15) is 0 Å². The zero-order valence-corrected chi connectivity index (χ0v) is 28.4. The minimum Gasteiger partial charge on any atom is -0.251 e. The van der Waals surface area contributed by atoms with Crippen molar-refractivity contribution in [2.24, 2.45) is 4.99 Å². The van der Waals surface area contributed by atoms with Crippen molar-refractivity contribution in [2.75, 3.05) is 0 Å². The van der Waals surface area contributed by atoms with Crippen LogP contribution in [0.1, 0.15) is 12.6 Å². The maximum absolute atomic E-state index is 5.33. The van der Waals surface area contributed by atoms with Crippen LogP contribution in [0.15, 0.2) is 205 Å². The van der Waals surface area contributed by atoms with Crippen molar-refractivity contribution in [3.05, 3.63) is 206 Å². The Morgan fingerprint density at radius 3 is 1.24 bits per heavy atom. The Morgan fingerprint density at radius 1 is 0.333 bits per heavy atom. The largest absolute Gasteiger partial charge is 0.251 e. The molecule has 8 rings (SSSR count). The van der Waals surface area contributed by atoms with Crippen molar-refractivity contribution >= 4 is 11.4 Å². The lowest BCUT2D eigenvalue weighted by Crippen LogP contribution is -2.01. The monoisotopic (exact) mass is 652 g/mol. The zero-order valence-electron chi connectivity index (χ0n) is 28.4. The van der Waals surface area contributed by atoms with Crippen LogP contribution in [0.4, 0.5) is 5.69 Å². The summed E-state index contributed by atoms with van der Waals surface area (Å²) in [7, 11) is 0. The van der Waals surface area contributed by atoms with Gasteiger partial charge in [0.2, 0.25) is 0 Å². The molecule has 0 unspecified atom stereocenters. The van der Waals surface area contributed by atoms with E-state index in [4.69, 9.17) is 9.98 Å². The Balaban J connectivity index is 1.29. The number of nitrogens with zero attached hydrogens (tertiary/aromatic N) is 2. The van der Waals surface area contributed by atoms with Crippen LogP contribution in [-0.4, -0.2) is 10.7 Å². The highest BCUT2D eigenvalue weighted by atomic mass is 14.8. The predicted octanol–water partition coefficient (Wildman–Crippen LogP) is 13.2. The molecule has 0 spiro atoms. The SMILES string of the molecule is CC(=Nc1cccc(-c2ccccc2)c1)c1cc(-c2cccc(-c3ccccc3)c2)cc(-c2cc(-c3ccccc3)cc(-c3ccccc3)c2)n1. The molecule has 8 aromatic rings. The van der Waals surface area contributed by atoms with Gasteiger partial charge in [0.25, 0.3) is 0 Å². The van der Waals surface area contributed by atoms with Crippen LogP contribution < -0.4 is 0 Å². The van der Waals surface area contributed by atoms with Crippen LogP contribution in [0, 0.1) is 0 Å². The molecule has 0 N–H and O–H groups in total. The van der Waals surface area contributed by atoms with Crippen LogP contribution in [0.3, 0.4) is 0 Å². The van der Waals surface area contributed by atoms with Crippen LogP contribution in [0.5, 0.6) is 0 Å². The molecule has 1 heterocycles. The van der Waals surface area contributed by atoms with Crippen molar-refractivity contribution < 1.29 is 0 Å². The minimum absolute atomic E-state index is 0.837. The van der Waals surface area contributed by atoms with Gasteiger partial charge in [-0.05, 0) is 111 Å². The molecule has 0 saturated heterocycles. The fourth-order valence-electron chi connectivity index (χ4n) is 6.55. The molecule has 0 fully saturated rings. The first-order chi connectivity index (χ1) is 25.2. The maximum Gasteiger partial charge on any atom is 0.0855 e. The Bertz CT molecular complexity index is 2390. The number of hydrogen-bond donors (Lipinski definition) is 0. The number of benzene rings is 7. The molecule has 7 aromatic carbocycles. The first-order valence-corrected chi connectivity index (χ1v) is 17.3. The van der Waals surface area contributed by atoms with Gasteiger partial charge >= 0.3 is 0 Å². The van der Waals surface area contributed by atoms with Gasteiger partial charge in [-0.3, -0.25) is 4.99 Å². The van der Waals surface area contributed by atoms with Gasteiger partial charge in [-0.25, -0.2) is 4.98 Å². The molecule has 2 heteroatoms. The predicted molar refractivity (Wildman–Crippen MR) is 215 cm³/mol. The molecule has 242 valence electrons. The first kappa shape index (κ1) is 31.6. The van der Waals surface area contributed by atoms with E-state index in [0.29, 0.717) is 0 Å². The number of aliphatic imine (C=N–C) groups is 1. The van der Waals surface area contributed by atoms with Crippen LogP contribution in [0.2, 0.25) is 0 Å². The molecule has 0 atom stereocenters. The number of aromatic nitrogens is 1. The van der Waals surface area contributed by atoms with Crippen molar-refractivity contribution in [1.82, 2.24) is 4.98 Å². The smallest absolute Gasteiger partial charge is 0.0855 e. The normalized spacial score (nSPS) is 11.4. The Labute approximate surface area is 300 Å². The fourth-order valence-corrected chi connectivity index (χ4v) is 6.55. The van der Waals surface area contributed by atoms with E-state index in [1.165, 1.54) is 27.8 Å². The molecule has 2 nitrogen and oxygen atoms in total. The van der Waals surface area contributed by atoms with E-state index < -0.39 is 0 Å². The third-order valence-electron chi connectivity index (χ3n) is 9.19. The summed E-state index contributed by atoms with van der Waals surface area (Å²) in [6.45, 7) is 2.06. The summed E-state index contributed by atoms with van der Waals surface area (Å²) in [5, 5.41) is 0. The van der Waals surface area contributed by atoms with Gasteiger partial charge in [-0.2, -0.15) is 0 Å². The second-order valence-corrected chi connectivity index (χ2v) is 12.7. The Morgan fingerprint density at radius 2 is 0.706 bits per heavy atom. The Hall–Kier alpha value is -6.64. The summed E-state index contributed by atoms with van der Waals surface area (Å²) in [4.78, 5) is 10.5. The molecule has 0 bridgehead atoms. The van der Waals surface area contributed by atoms with Gasteiger partial charge in [0.15, 0.2) is 0 Å². The molecule has 0 amide bonds. The van der Waals surface area contributed by atoms with Crippen LogP contribution >= 0.6 is 0 Å². The second-order valence-electron chi connectivity index (χ2n) is 12.7. The van der Waals surface area contributed by atoms with E-state index in [1.807, 2.05) is 6.07 Å². The van der Waals surface area contributed by atoms with Crippen molar-refractivity contribution in [1.29, 1.82) is 0 Å². The van der Waals surface area contributed by atoms with Crippen molar-refractivity contribution in [3.8, 4) is 66.9 Å². The quantitative estimate of drug-likeness (QED) is 0.150. The van der Waals surface area contributed by atoms with E-state index in [2.05, 4.69) is 201 Å². The van der Waals surface area contributed by atoms with Gasteiger partial charge in [0.1, 0.15) is 0 Å². The average Bonchev–Trinajstić information content (AvgIpc) is 3.22. The molecule has 51 heavy (non-hydrogen) atoms. The van der Waals surface area contributed by atoms with Crippen LogP contribution in [0.25, 0.3) is 66.9 Å². The topological polar surface area (TPSA) is 25.2 Å². The molecular formula is C49H36N2. The van der Waals surface area contributed by atoms with E-state index in [0.717, 1.165) is 56.2 Å². The molecule has 0 aliphatic heterocycles. The van der Waals surface area contributed by atoms with Crippen molar-refractivity contribution in [2.45, 2.75) is 6.92 Å². The highest BCUT2D eigenvalue weighted by Crippen LogP contribution is 2.35. The molecule has 0 radical (unpaired) electrons. The van der Waals surface area contributed by atoms with E-state index in [-0.39, 0.29) is 0 Å². The highest BCUT2D eigenvalue weighted by molar-refractivity contribution is 6.00. The zero-order chi connectivity index (χ0) is 34.4. The lowest BCUT2D eigenvalue weighted by Gasteiger charge is -2.14. The number of rotatable bonds is 8. The standard InChI is InChI=1S/C49H36N2/c1-35(50-47-27-15-26-42(32-47)37-18-8-3-9-19-37)48-33-45(41-25-14-24-40(28-41)36-16-6-2-7-17-36)34-49(51-48)46-30-43(38-20-10-4-11-21-38)29-44(31-46)39-22-12-5-13-23-39/h2-34H,1H3. The molecular weight excluding hydrogens is 617 g/mol. The minimum atomic E-state index is 0.837. The third kappa shape index (κ3) is 7.22. The third-order valence-corrected chi connectivity index (χ3v) is 9.19. The second kappa shape index (κ2) is 14.5. The number of pyridine rings is 1. The summed E-state index contributed by atoms with van der Waals surface area (Å²) >= 11 is 0. The molecule has 1 aromatic heterocycles. The van der Waals surface area contributed by atoms with E-state index in [1.54, 1.807) is 0 Å². The van der Waals surface area contributed by atoms with Gasteiger partial charge in [0.05, 0.1) is 22.8 Å². The van der Waals surface area contributed by atoms with Gasteiger partial charge in [-0.1, -0.05) is 152 Å². The summed E-state index contributed by atoms with van der Waals surface area (Å²) in [6.07, 6.45) is 0. The summed E-state index contributed by atoms with van der Waals surface area (Å²) in [6, 6.07) is 70.4. The lowest BCUT2D eigenvalue weighted by atomic mass is 9.93. The average molecular weight is 653 g/mol. The summed E-state index contributed by atoms with van der Waals surface area (Å²) in [5.74, 6) is 0. The van der Waals surface area contributed by atoms with Gasteiger partial charge in [-0.15, -0.1) is 0 Å². The molecule has 0 aliphatic rings. The summed E-state index contributed by atoms with van der Waals surface area (Å²) < 4.78 is 0. The van der Waals surface area contributed by atoms with Gasteiger partial charge in [0, 0.05) is 5.56 Å². The van der Waals surface area contributed by atoms with E-state index >= 15 is 0 Å².